The lowest BCUT2D eigenvalue weighted by Crippen LogP contribution is -2.05. The average Bonchev–Trinajstić information content (AvgIpc) is 3.03. The zero-order valence-electron chi connectivity index (χ0n) is 11.3. The first kappa shape index (κ1) is 14.2. The summed E-state index contributed by atoms with van der Waals surface area (Å²) in [6.45, 7) is -0.103. The molecule has 0 saturated heterocycles. The number of carbonyl (C=O) groups is 1. The van der Waals surface area contributed by atoms with Crippen LogP contribution in [-0.4, -0.2) is 21.2 Å². The van der Waals surface area contributed by atoms with Gasteiger partial charge in [0.1, 0.15) is 0 Å². The first-order valence-electron chi connectivity index (χ1n) is 6.38. The molecule has 0 saturated carbocycles. The zero-order chi connectivity index (χ0) is 15.4. The van der Waals surface area contributed by atoms with Crippen LogP contribution in [-0.2, 0) is 11.3 Å². The van der Waals surface area contributed by atoms with E-state index in [1.165, 1.54) is 6.20 Å². The number of ether oxygens (including phenoxy) is 1. The van der Waals surface area contributed by atoms with Crippen molar-refractivity contribution in [2.75, 3.05) is 0 Å². The molecule has 22 heavy (non-hydrogen) atoms. The van der Waals surface area contributed by atoms with Gasteiger partial charge in [0, 0.05) is 23.0 Å². The van der Waals surface area contributed by atoms with Crippen LogP contribution in [0.2, 0.25) is 5.02 Å². The van der Waals surface area contributed by atoms with Crippen molar-refractivity contribution in [3.8, 4) is 11.5 Å². The largest absolute Gasteiger partial charge is 0.452 e. The van der Waals surface area contributed by atoms with E-state index in [0.717, 1.165) is 5.56 Å². The Kier molecular flexibility index (Phi) is 4.11. The maximum atomic E-state index is 11.8. The summed E-state index contributed by atoms with van der Waals surface area (Å²) < 4.78 is 10.5. The Labute approximate surface area is 130 Å². The van der Waals surface area contributed by atoms with Crippen LogP contribution in [0.1, 0.15) is 16.2 Å². The van der Waals surface area contributed by atoms with E-state index in [2.05, 4.69) is 15.2 Å². The van der Waals surface area contributed by atoms with Gasteiger partial charge < -0.3 is 9.15 Å². The molecule has 0 radical (unpaired) electrons. The van der Waals surface area contributed by atoms with Crippen molar-refractivity contribution < 1.29 is 13.9 Å². The van der Waals surface area contributed by atoms with E-state index < -0.39 is 5.97 Å². The summed E-state index contributed by atoms with van der Waals surface area (Å²) in [5.74, 6) is 0.0469. The van der Waals surface area contributed by atoms with E-state index in [1.54, 1.807) is 42.6 Å². The lowest BCUT2D eigenvalue weighted by molar-refractivity contribution is 0.0438. The number of benzene rings is 1. The van der Waals surface area contributed by atoms with Crippen molar-refractivity contribution in [3.05, 3.63) is 65.3 Å². The van der Waals surface area contributed by atoms with Crippen molar-refractivity contribution in [2.24, 2.45) is 0 Å². The van der Waals surface area contributed by atoms with E-state index >= 15 is 0 Å². The van der Waals surface area contributed by atoms with Crippen molar-refractivity contribution in [1.82, 2.24) is 15.2 Å². The second kappa shape index (κ2) is 6.36. The molecule has 0 atom stereocenters. The number of aromatic nitrogens is 3. The van der Waals surface area contributed by atoms with Gasteiger partial charge in [0.05, 0.1) is 5.56 Å². The van der Waals surface area contributed by atoms with Crippen molar-refractivity contribution >= 4 is 17.6 Å². The Morgan fingerprint density at radius 1 is 1.18 bits per heavy atom. The summed E-state index contributed by atoms with van der Waals surface area (Å²) in [7, 11) is 0. The minimum Gasteiger partial charge on any atom is -0.452 e. The fraction of sp³-hybridized carbons (Fsp3) is 0.0667. The topological polar surface area (TPSA) is 78.1 Å². The highest BCUT2D eigenvalue weighted by molar-refractivity contribution is 6.30. The highest BCUT2D eigenvalue weighted by atomic mass is 35.5. The lowest BCUT2D eigenvalue weighted by Gasteiger charge is -2.00. The van der Waals surface area contributed by atoms with Crippen LogP contribution in [0.3, 0.4) is 0 Å². The Morgan fingerprint density at radius 2 is 2.00 bits per heavy atom. The van der Waals surface area contributed by atoms with E-state index in [0.29, 0.717) is 16.5 Å². The first-order valence-corrected chi connectivity index (χ1v) is 6.75. The van der Waals surface area contributed by atoms with Crippen LogP contribution in [0, 0.1) is 0 Å². The van der Waals surface area contributed by atoms with Crippen LogP contribution in [0.15, 0.2) is 53.2 Å². The number of hydrogen-bond acceptors (Lipinski definition) is 6. The molecular formula is C15H10ClN3O3. The minimum atomic E-state index is -0.501. The predicted molar refractivity (Wildman–Crippen MR) is 78.1 cm³/mol. The quantitative estimate of drug-likeness (QED) is 0.688. The van der Waals surface area contributed by atoms with Crippen molar-refractivity contribution in [2.45, 2.75) is 6.61 Å². The maximum absolute atomic E-state index is 11.8. The molecule has 2 heterocycles. The van der Waals surface area contributed by atoms with Gasteiger partial charge in [0.2, 0.25) is 5.89 Å². The van der Waals surface area contributed by atoms with Crippen molar-refractivity contribution in [3.63, 3.8) is 0 Å². The molecule has 0 fully saturated rings. The Bertz CT molecular complexity index is 772. The normalized spacial score (nSPS) is 10.4. The number of nitrogens with zero attached hydrogens (tertiary/aromatic N) is 3. The SMILES string of the molecule is O=C(OCc1nnc(-c2ccc(Cl)cc2)o1)c1cccnc1. The molecular weight excluding hydrogens is 306 g/mol. The second-order valence-corrected chi connectivity index (χ2v) is 4.76. The van der Waals surface area contributed by atoms with Crippen LogP contribution in [0.4, 0.5) is 0 Å². The van der Waals surface area contributed by atoms with Gasteiger partial charge in [-0.3, -0.25) is 4.98 Å². The summed E-state index contributed by atoms with van der Waals surface area (Å²) in [4.78, 5) is 15.6. The molecule has 3 aromatic rings. The Morgan fingerprint density at radius 3 is 2.73 bits per heavy atom. The first-order chi connectivity index (χ1) is 10.7. The lowest BCUT2D eigenvalue weighted by atomic mass is 10.2. The second-order valence-electron chi connectivity index (χ2n) is 4.33. The van der Waals surface area contributed by atoms with Crippen LogP contribution in [0.5, 0.6) is 0 Å². The van der Waals surface area contributed by atoms with E-state index in [4.69, 9.17) is 20.8 Å². The summed E-state index contributed by atoms with van der Waals surface area (Å²) in [5.41, 5.74) is 1.10. The third-order valence-corrected chi connectivity index (χ3v) is 3.03. The van der Waals surface area contributed by atoms with Gasteiger partial charge in [-0.15, -0.1) is 10.2 Å². The summed E-state index contributed by atoms with van der Waals surface area (Å²) in [6.07, 6.45) is 3.00. The molecule has 0 amide bonds. The smallest absolute Gasteiger partial charge is 0.340 e. The molecule has 110 valence electrons. The van der Waals surface area contributed by atoms with Gasteiger partial charge in [-0.1, -0.05) is 11.6 Å². The summed E-state index contributed by atoms with van der Waals surface area (Å²) in [5, 5.41) is 8.36. The van der Waals surface area contributed by atoms with Gasteiger partial charge in [-0.25, -0.2) is 4.79 Å². The number of pyridine rings is 1. The fourth-order valence-corrected chi connectivity index (χ4v) is 1.84. The number of esters is 1. The van der Waals surface area contributed by atoms with Crippen LogP contribution in [0.25, 0.3) is 11.5 Å². The molecule has 1 aromatic carbocycles. The number of rotatable bonds is 4. The molecule has 0 aliphatic heterocycles. The third kappa shape index (κ3) is 3.29. The van der Waals surface area contributed by atoms with E-state index in [-0.39, 0.29) is 12.5 Å². The molecule has 2 aromatic heterocycles. The van der Waals surface area contributed by atoms with Gasteiger partial charge in [0.25, 0.3) is 5.89 Å². The van der Waals surface area contributed by atoms with Crippen molar-refractivity contribution in [1.29, 1.82) is 0 Å². The number of hydrogen-bond donors (Lipinski definition) is 0. The summed E-state index contributed by atoms with van der Waals surface area (Å²) >= 11 is 5.82. The zero-order valence-corrected chi connectivity index (χ0v) is 12.0. The highest BCUT2D eigenvalue weighted by Crippen LogP contribution is 2.20. The average molecular weight is 316 g/mol. The standard InChI is InChI=1S/C15H10ClN3O3/c16-12-5-3-10(4-6-12)14-19-18-13(22-14)9-21-15(20)11-2-1-7-17-8-11/h1-8H,9H2. The summed E-state index contributed by atoms with van der Waals surface area (Å²) in [6, 6.07) is 10.2. The van der Waals surface area contributed by atoms with Gasteiger partial charge in [-0.2, -0.15) is 0 Å². The molecule has 3 rings (SSSR count). The van der Waals surface area contributed by atoms with Crippen LogP contribution < -0.4 is 0 Å². The molecule has 7 heteroatoms. The Balaban J connectivity index is 1.65. The molecule has 6 nitrogen and oxygen atoms in total. The van der Waals surface area contributed by atoms with E-state index in [1.807, 2.05) is 0 Å². The number of carbonyl (C=O) groups excluding carboxylic acids is 1. The fourth-order valence-electron chi connectivity index (χ4n) is 1.72. The maximum Gasteiger partial charge on any atom is 0.340 e. The molecule has 0 unspecified atom stereocenters. The molecule has 0 aliphatic carbocycles. The molecule has 0 N–H and O–H groups in total. The van der Waals surface area contributed by atoms with E-state index in [9.17, 15) is 4.79 Å². The monoisotopic (exact) mass is 315 g/mol. The van der Waals surface area contributed by atoms with Gasteiger partial charge in [0.15, 0.2) is 6.61 Å². The minimum absolute atomic E-state index is 0.103. The third-order valence-electron chi connectivity index (χ3n) is 2.78. The molecule has 0 aliphatic rings. The molecule has 0 bridgehead atoms. The highest BCUT2D eigenvalue weighted by Gasteiger charge is 2.12. The predicted octanol–water partition coefficient (Wildman–Crippen LogP) is 3.14. The van der Waals surface area contributed by atoms with Gasteiger partial charge >= 0.3 is 5.97 Å². The Hall–Kier alpha value is -2.73. The van der Waals surface area contributed by atoms with Crippen LogP contribution >= 0.6 is 11.6 Å². The van der Waals surface area contributed by atoms with Gasteiger partial charge in [-0.05, 0) is 36.4 Å². The molecule has 0 spiro atoms. The number of halogens is 1.